The molecule has 0 heterocycles. The van der Waals surface area contributed by atoms with E-state index in [4.69, 9.17) is 21.0 Å². The average molecular weight is 291 g/mol. The Morgan fingerprint density at radius 3 is 2.62 bits per heavy atom. The fourth-order valence-electron chi connectivity index (χ4n) is 1.73. The number of hydrogen-bond acceptors (Lipinski definition) is 4. The van der Waals surface area contributed by atoms with Gasteiger partial charge in [0.05, 0.1) is 20.3 Å². The maximum atomic E-state index is 12.3. The summed E-state index contributed by atoms with van der Waals surface area (Å²) >= 11 is 0. The number of benzene rings is 1. The first-order chi connectivity index (χ1) is 10.0. The molecule has 1 aromatic carbocycles. The first-order valence-corrected chi connectivity index (χ1v) is 6.28. The fraction of sp³-hybridized carbons (Fsp3) is 0.333. The highest BCUT2D eigenvalue weighted by atomic mass is 16.5. The third-order valence-corrected chi connectivity index (χ3v) is 2.61. The van der Waals surface area contributed by atoms with Crippen LogP contribution in [-0.4, -0.2) is 48.7 Å². The summed E-state index contributed by atoms with van der Waals surface area (Å²) < 4.78 is 10.5. The standard InChI is InChI=1S/C15H17NO5/c1-4-8-16(10-14(17)18)15(19)11-6-7-12(20-3)13(9-11)21-5-2/h1,6-7,9H,5,8,10H2,2-3H3,(H,17,18). The molecule has 112 valence electrons. The summed E-state index contributed by atoms with van der Waals surface area (Å²) in [6, 6.07) is 4.64. The smallest absolute Gasteiger partial charge is 0.323 e. The van der Waals surface area contributed by atoms with Crippen LogP contribution in [-0.2, 0) is 4.79 Å². The third kappa shape index (κ3) is 4.42. The Morgan fingerprint density at radius 2 is 2.10 bits per heavy atom. The molecule has 21 heavy (non-hydrogen) atoms. The summed E-state index contributed by atoms with van der Waals surface area (Å²) in [6.07, 6.45) is 5.16. The van der Waals surface area contributed by atoms with E-state index in [1.54, 1.807) is 6.07 Å². The Balaban J connectivity index is 3.07. The van der Waals surface area contributed by atoms with Crippen molar-refractivity contribution in [2.75, 3.05) is 26.8 Å². The van der Waals surface area contributed by atoms with E-state index in [1.165, 1.54) is 19.2 Å². The monoisotopic (exact) mass is 291 g/mol. The molecule has 1 aromatic rings. The number of ether oxygens (including phenoxy) is 2. The number of carbonyl (C=O) groups excluding carboxylic acids is 1. The summed E-state index contributed by atoms with van der Waals surface area (Å²) in [4.78, 5) is 24.1. The molecule has 6 heteroatoms. The highest BCUT2D eigenvalue weighted by Crippen LogP contribution is 2.28. The van der Waals surface area contributed by atoms with Crippen LogP contribution in [0.2, 0.25) is 0 Å². The number of methoxy groups -OCH3 is 1. The lowest BCUT2D eigenvalue weighted by Crippen LogP contribution is -2.36. The number of carboxylic acid groups (broad SMARTS) is 1. The van der Waals surface area contributed by atoms with E-state index in [9.17, 15) is 9.59 Å². The Labute approximate surface area is 123 Å². The molecule has 1 N–H and O–H groups in total. The lowest BCUT2D eigenvalue weighted by molar-refractivity contribution is -0.137. The van der Waals surface area contributed by atoms with Crippen molar-refractivity contribution in [1.82, 2.24) is 4.90 Å². The molecule has 1 amide bonds. The number of terminal acetylenes is 1. The summed E-state index contributed by atoms with van der Waals surface area (Å²) in [5, 5.41) is 8.82. The number of carbonyl (C=O) groups is 2. The van der Waals surface area contributed by atoms with Gasteiger partial charge in [-0.25, -0.2) is 0 Å². The molecule has 0 spiro atoms. The van der Waals surface area contributed by atoms with Gasteiger partial charge < -0.3 is 19.5 Å². The Kier molecular flexibility index (Phi) is 6.08. The molecule has 0 radical (unpaired) electrons. The van der Waals surface area contributed by atoms with Crippen LogP contribution in [0.5, 0.6) is 11.5 Å². The minimum atomic E-state index is -1.13. The van der Waals surface area contributed by atoms with E-state index in [0.29, 0.717) is 18.1 Å². The van der Waals surface area contributed by atoms with Crippen molar-refractivity contribution in [3.8, 4) is 23.8 Å². The van der Waals surface area contributed by atoms with Gasteiger partial charge in [0.1, 0.15) is 6.54 Å². The van der Waals surface area contributed by atoms with Gasteiger partial charge in [0.15, 0.2) is 11.5 Å². The Morgan fingerprint density at radius 1 is 1.38 bits per heavy atom. The largest absolute Gasteiger partial charge is 0.493 e. The average Bonchev–Trinajstić information content (AvgIpc) is 2.46. The van der Waals surface area contributed by atoms with Crippen LogP contribution in [0.25, 0.3) is 0 Å². The first-order valence-electron chi connectivity index (χ1n) is 6.28. The van der Waals surface area contributed by atoms with E-state index in [-0.39, 0.29) is 12.1 Å². The molecule has 0 aliphatic rings. The topological polar surface area (TPSA) is 76.1 Å². The summed E-state index contributed by atoms with van der Waals surface area (Å²) in [5.74, 6) is 1.58. The van der Waals surface area contributed by atoms with Crippen molar-refractivity contribution in [2.24, 2.45) is 0 Å². The van der Waals surface area contributed by atoms with Crippen LogP contribution < -0.4 is 9.47 Å². The van der Waals surface area contributed by atoms with Gasteiger partial charge in [-0.3, -0.25) is 9.59 Å². The summed E-state index contributed by atoms with van der Waals surface area (Å²) in [5.41, 5.74) is 0.288. The van der Waals surface area contributed by atoms with Crippen molar-refractivity contribution in [2.45, 2.75) is 6.92 Å². The second-order valence-corrected chi connectivity index (χ2v) is 4.06. The molecule has 0 atom stereocenters. The zero-order valence-corrected chi connectivity index (χ0v) is 12.0. The van der Waals surface area contributed by atoms with Crippen LogP contribution >= 0.6 is 0 Å². The van der Waals surface area contributed by atoms with E-state index in [1.807, 2.05) is 6.92 Å². The highest BCUT2D eigenvalue weighted by molar-refractivity contribution is 5.96. The molecule has 6 nitrogen and oxygen atoms in total. The van der Waals surface area contributed by atoms with Crippen molar-refractivity contribution < 1.29 is 24.2 Å². The summed E-state index contributed by atoms with van der Waals surface area (Å²) in [6.45, 7) is 1.68. The van der Waals surface area contributed by atoms with E-state index in [2.05, 4.69) is 5.92 Å². The molecule has 0 saturated heterocycles. The lowest BCUT2D eigenvalue weighted by atomic mass is 10.1. The number of amides is 1. The summed E-state index contributed by atoms with van der Waals surface area (Å²) in [7, 11) is 1.49. The van der Waals surface area contributed by atoms with E-state index < -0.39 is 18.4 Å². The molecular formula is C15H17NO5. The first kappa shape index (κ1) is 16.4. The number of hydrogen-bond donors (Lipinski definition) is 1. The fourth-order valence-corrected chi connectivity index (χ4v) is 1.73. The van der Waals surface area contributed by atoms with Gasteiger partial charge in [0, 0.05) is 5.56 Å². The van der Waals surface area contributed by atoms with Crippen molar-refractivity contribution in [3.05, 3.63) is 23.8 Å². The van der Waals surface area contributed by atoms with E-state index >= 15 is 0 Å². The predicted octanol–water partition coefficient (Wildman–Crippen LogP) is 1.25. The predicted molar refractivity (Wildman–Crippen MR) is 76.5 cm³/mol. The van der Waals surface area contributed by atoms with Gasteiger partial charge in [0.25, 0.3) is 5.91 Å². The number of rotatable bonds is 7. The van der Waals surface area contributed by atoms with Crippen LogP contribution in [0.3, 0.4) is 0 Å². The number of nitrogens with zero attached hydrogens (tertiary/aromatic N) is 1. The van der Waals surface area contributed by atoms with Gasteiger partial charge >= 0.3 is 5.97 Å². The molecule has 0 aromatic heterocycles. The van der Waals surface area contributed by atoms with Gasteiger partial charge in [-0.15, -0.1) is 6.42 Å². The van der Waals surface area contributed by atoms with Crippen LogP contribution in [0.15, 0.2) is 18.2 Å². The maximum Gasteiger partial charge on any atom is 0.323 e. The van der Waals surface area contributed by atoms with Crippen molar-refractivity contribution in [1.29, 1.82) is 0 Å². The minimum absolute atomic E-state index is 0.0822. The number of aliphatic carboxylic acids is 1. The molecule has 0 bridgehead atoms. The SMILES string of the molecule is C#CCN(CC(=O)O)C(=O)c1ccc(OC)c(OCC)c1. The molecule has 0 fully saturated rings. The molecule has 0 aliphatic carbocycles. The zero-order chi connectivity index (χ0) is 15.8. The molecule has 0 saturated carbocycles. The van der Waals surface area contributed by atoms with Gasteiger partial charge in [-0.1, -0.05) is 5.92 Å². The third-order valence-electron chi connectivity index (χ3n) is 2.61. The Hall–Kier alpha value is -2.68. The quantitative estimate of drug-likeness (QED) is 0.765. The van der Waals surface area contributed by atoms with Crippen molar-refractivity contribution in [3.63, 3.8) is 0 Å². The normalized spacial score (nSPS) is 9.57. The number of carboxylic acids is 1. The zero-order valence-electron chi connectivity index (χ0n) is 12.0. The van der Waals surface area contributed by atoms with Gasteiger partial charge in [0.2, 0.25) is 0 Å². The Bertz CT molecular complexity index is 562. The van der Waals surface area contributed by atoms with Crippen LogP contribution in [0.4, 0.5) is 0 Å². The molecule has 1 rings (SSSR count). The second kappa shape index (κ2) is 7.80. The van der Waals surface area contributed by atoms with Gasteiger partial charge in [-0.2, -0.15) is 0 Å². The second-order valence-electron chi connectivity index (χ2n) is 4.06. The lowest BCUT2D eigenvalue weighted by Gasteiger charge is -2.19. The van der Waals surface area contributed by atoms with Crippen molar-refractivity contribution >= 4 is 11.9 Å². The maximum absolute atomic E-state index is 12.3. The van der Waals surface area contributed by atoms with Crippen LogP contribution in [0, 0.1) is 12.3 Å². The molecular weight excluding hydrogens is 274 g/mol. The minimum Gasteiger partial charge on any atom is -0.493 e. The van der Waals surface area contributed by atoms with Crippen LogP contribution in [0.1, 0.15) is 17.3 Å². The molecule has 0 unspecified atom stereocenters. The highest BCUT2D eigenvalue weighted by Gasteiger charge is 2.19. The van der Waals surface area contributed by atoms with Gasteiger partial charge in [-0.05, 0) is 25.1 Å². The molecule has 0 aliphatic heterocycles. The van der Waals surface area contributed by atoms with E-state index in [0.717, 1.165) is 4.90 Å².